The molecular weight excluding hydrogens is 294 g/mol. The third kappa shape index (κ3) is 3.62. The van der Waals surface area contributed by atoms with Gasteiger partial charge in [-0.1, -0.05) is 30.3 Å². The number of hydrogen-bond donors (Lipinski definition) is 1. The Morgan fingerprint density at radius 1 is 1.04 bits per heavy atom. The third-order valence-corrected chi connectivity index (χ3v) is 3.13. The summed E-state index contributed by atoms with van der Waals surface area (Å²) in [7, 11) is 0. The SMILES string of the molecule is O=[N+]([O-])c1cccc(-c2ccc(/C=N/Nc3ccccc3)o2)c1. The molecule has 0 amide bonds. The summed E-state index contributed by atoms with van der Waals surface area (Å²) in [4.78, 5) is 10.4. The number of hydrogen-bond acceptors (Lipinski definition) is 5. The summed E-state index contributed by atoms with van der Waals surface area (Å²) in [6, 6.07) is 19.3. The zero-order valence-electron chi connectivity index (χ0n) is 12.0. The molecule has 0 unspecified atom stereocenters. The van der Waals surface area contributed by atoms with Crippen molar-refractivity contribution in [3.63, 3.8) is 0 Å². The standard InChI is InChI=1S/C17H13N3O3/c21-20(22)15-8-4-5-13(11-15)17-10-9-16(23-17)12-18-19-14-6-2-1-3-7-14/h1-12,19H/b18-12+. The highest BCUT2D eigenvalue weighted by molar-refractivity contribution is 5.78. The van der Waals surface area contributed by atoms with Gasteiger partial charge >= 0.3 is 0 Å². The van der Waals surface area contributed by atoms with E-state index in [4.69, 9.17) is 4.42 Å². The van der Waals surface area contributed by atoms with Gasteiger partial charge in [0.15, 0.2) is 0 Å². The molecule has 1 N–H and O–H groups in total. The molecular formula is C17H13N3O3. The predicted molar refractivity (Wildman–Crippen MR) is 88.5 cm³/mol. The molecule has 0 aliphatic heterocycles. The van der Waals surface area contributed by atoms with Crippen LogP contribution in [0.3, 0.4) is 0 Å². The van der Waals surface area contributed by atoms with E-state index in [2.05, 4.69) is 10.5 Å². The Morgan fingerprint density at radius 2 is 1.87 bits per heavy atom. The number of benzene rings is 2. The number of para-hydroxylation sites is 1. The lowest BCUT2D eigenvalue weighted by atomic mass is 10.1. The van der Waals surface area contributed by atoms with Crippen LogP contribution in [0, 0.1) is 10.1 Å². The second-order valence-electron chi connectivity index (χ2n) is 4.75. The molecule has 0 saturated heterocycles. The van der Waals surface area contributed by atoms with E-state index in [-0.39, 0.29) is 5.69 Å². The van der Waals surface area contributed by atoms with E-state index in [1.807, 2.05) is 30.3 Å². The van der Waals surface area contributed by atoms with Gasteiger partial charge in [-0.15, -0.1) is 0 Å². The highest BCUT2D eigenvalue weighted by Crippen LogP contribution is 2.25. The highest BCUT2D eigenvalue weighted by atomic mass is 16.6. The average Bonchev–Trinajstić information content (AvgIpc) is 3.05. The molecule has 3 rings (SSSR count). The second-order valence-corrected chi connectivity index (χ2v) is 4.75. The van der Waals surface area contributed by atoms with E-state index in [0.717, 1.165) is 5.69 Å². The normalized spacial score (nSPS) is 10.8. The molecule has 0 aliphatic rings. The molecule has 1 heterocycles. The van der Waals surface area contributed by atoms with Crippen LogP contribution < -0.4 is 5.43 Å². The molecule has 6 heteroatoms. The summed E-state index contributed by atoms with van der Waals surface area (Å²) in [6.45, 7) is 0. The largest absolute Gasteiger partial charge is 0.455 e. The van der Waals surface area contributed by atoms with Crippen LogP contribution in [0.5, 0.6) is 0 Å². The van der Waals surface area contributed by atoms with Crippen molar-refractivity contribution in [3.8, 4) is 11.3 Å². The topological polar surface area (TPSA) is 80.7 Å². The van der Waals surface area contributed by atoms with E-state index in [1.54, 1.807) is 30.5 Å². The lowest BCUT2D eigenvalue weighted by Crippen LogP contribution is -1.88. The monoisotopic (exact) mass is 307 g/mol. The molecule has 0 saturated carbocycles. The number of rotatable bonds is 5. The molecule has 0 spiro atoms. The number of anilines is 1. The smallest absolute Gasteiger partial charge is 0.270 e. The minimum Gasteiger partial charge on any atom is -0.455 e. The van der Waals surface area contributed by atoms with Crippen LogP contribution in [0.2, 0.25) is 0 Å². The van der Waals surface area contributed by atoms with Crippen molar-refractivity contribution in [2.45, 2.75) is 0 Å². The van der Waals surface area contributed by atoms with E-state index < -0.39 is 4.92 Å². The molecule has 0 radical (unpaired) electrons. The van der Waals surface area contributed by atoms with Crippen molar-refractivity contribution in [1.82, 2.24) is 0 Å². The number of nitro benzene ring substituents is 1. The van der Waals surface area contributed by atoms with Gasteiger partial charge in [0, 0.05) is 17.7 Å². The Balaban J connectivity index is 1.73. The number of non-ortho nitro benzene ring substituents is 1. The molecule has 114 valence electrons. The Kier molecular flexibility index (Phi) is 4.15. The first-order valence-electron chi connectivity index (χ1n) is 6.91. The number of furan rings is 1. The number of hydrazone groups is 1. The van der Waals surface area contributed by atoms with Gasteiger partial charge in [0.05, 0.1) is 16.8 Å². The number of nitrogens with zero attached hydrogens (tertiary/aromatic N) is 2. The van der Waals surface area contributed by atoms with Crippen LogP contribution >= 0.6 is 0 Å². The highest BCUT2D eigenvalue weighted by Gasteiger charge is 2.09. The summed E-state index contributed by atoms with van der Waals surface area (Å²) in [5, 5.41) is 14.9. The van der Waals surface area contributed by atoms with Gasteiger partial charge < -0.3 is 4.42 Å². The van der Waals surface area contributed by atoms with Crippen molar-refractivity contribution in [2.75, 3.05) is 5.43 Å². The Hall–Kier alpha value is -3.41. The maximum atomic E-state index is 10.8. The van der Waals surface area contributed by atoms with Crippen LogP contribution in [0.15, 0.2) is 76.2 Å². The van der Waals surface area contributed by atoms with Gasteiger partial charge in [-0.25, -0.2) is 0 Å². The minimum absolute atomic E-state index is 0.0276. The molecule has 2 aromatic carbocycles. The van der Waals surface area contributed by atoms with E-state index >= 15 is 0 Å². The lowest BCUT2D eigenvalue weighted by molar-refractivity contribution is -0.384. The lowest BCUT2D eigenvalue weighted by Gasteiger charge is -1.98. The van der Waals surface area contributed by atoms with E-state index in [9.17, 15) is 10.1 Å². The van der Waals surface area contributed by atoms with Crippen molar-refractivity contribution < 1.29 is 9.34 Å². The summed E-state index contributed by atoms with van der Waals surface area (Å²) >= 11 is 0. The van der Waals surface area contributed by atoms with Crippen LogP contribution in [0.4, 0.5) is 11.4 Å². The maximum absolute atomic E-state index is 10.8. The van der Waals surface area contributed by atoms with Crippen LogP contribution in [0.1, 0.15) is 5.76 Å². The molecule has 23 heavy (non-hydrogen) atoms. The fourth-order valence-corrected chi connectivity index (χ4v) is 2.03. The fraction of sp³-hybridized carbons (Fsp3) is 0. The van der Waals surface area contributed by atoms with E-state index in [1.165, 1.54) is 12.1 Å². The van der Waals surface area contributed by atoms with E-state index in [0.29, 0.717) is 17.1 Å². The number of nitro groups is 1. The Bertz CT molecular complexity index is 841. The van der Waals surface area contributed by atoms with Gasteiger partial charge in [0.2, 0.25) is 0 Å². The van der Waals surface area contributed by atoms with Crippen molar-refractivity contribution in [3.05, 3.63) is 82.6 Å². The second kappa shape index (κ2) is 6.57. The molecule has 0 bridgehead atoms. The Morgan fingerprint density at radius 3 is 2.65 bits per heavy atom. The first-order chi connectivity index (χ1) is 11.2. The summed E-state index contributed by atoms with van der Waals surface area (Å²) in [6.07, 6.45) is 1.55. The zero-order valence-corrected chi connectivity index (χ0v) is 12.0. The Labute approximate surface area is 132 Å². The summed E-state index contributed by atoms with van der Waals surface area (Å²) < 4.78 is 5.63. The van der Waals surface area contributed by atoms with Crippen LogP contribution in [-0.2, 0) is 0 Å². The van der Waals surface area contributed by atoms with Gasteiger partial charge in [0.25, 0.3) is 5.69 Å². The average molecular weight is 307 g/mol. The van der Waals surface area contributed by atoms with Crippen LogP contribution in [0.25, 0.3) is 11.3 Å². The first-order valence-corrected chi connectivity index (χ1v) is 6.91. The minimum atomic E-state index is -0.432. The molecule has 1 aromatic heterocycles. The van der Waals surface area contributed by atoms with Gasteiger partial charge in [-0.05, 0) is 24.3 Å². The zero-order chi connectivity index (χ0) is 16.1. The predicted octanol–water partition coefficient (Wildman–Crippen LogP) is 4.30. The molecule has 0 fully saturated rings. The van der Waals surface area contributed by atoms with Crippen molar-refractivity contribution in [2.24, 2.45) is 5.10 Å². The fourth-order valence-electron chi connectivity index (χ4n) is 2.03. The molecule has 0 aliphatic carbocycles. The van der Waals surface area contributed by atoms with Crippen molar-refractivity contribution >= 4 is 17.6 Å². The van der Waals surface area contributed by atoms with Gasteiger partial charge in [-0.3, -0.25) is 15.5 Å². The van der Waals surface area contributed by atoms with Gasteiger partial charge in [-0.2, -0.15) is 5.10 Å². The molecule has 0 atom stereocenters. The maximum Gasteiger partial charge on any atom is 0.270 e. The first kappa shape index (κ1) is 14.5. The summed E-state index contributed by atoms with van der Waals surface area (Å²) in [5.41, 5.74) is 4.43. The third-order valence-electron chi connectivity index (χ3n) is 3.13. The molecule has 3 aromatic rings. The summed E-state index contributed by atoms with van der Waals surface area (Å²) in [5.74, 6) is 1.10. The van der Waals surface area contributed by atoms with Crippen LogP contribution in [-0.4, -0.2) is 11.1 Å². The quantitative estimate of drug-likeness (QED) is 0.433. The molecule has 6 nitrogen and oxygen atoms in total. The number of nitrogens with one attached hydrogen (secondary N) is 1. The van der Waals surface area contributed by atoms with Gasteiger partial charge in [0.1, 0.15) is 11.5 Å². The van der Waals surface area contributed by atoms with Crippen molar-refractivity contribution in [1.29, 1.82) is 0 Å².